The van der Waals surface area contributed by atoms with Gasteiger partial charge in [-0.2, -0.15) is 0 Å². The van der Waals surface area contributed by atoms with Crippen molar-refractivity contribution < 1.29 is 26.8 Å². The highest BCUT2D eigenvalue weighted by Gasteiger charge is 2.36. The molecule has 1 saturated carbocycles. The van der Waals surface area contributed by atoms with Gasteiger partial charge in [-0.25, -0.2) is 17.5 Å². The SMILES string of the molecule is CCC[C@H](C(=O)NCc1ccco1)N(C(=O)CNS(=O)(=O)c1ccc(F)cc1)C1CCCC1. The molecule has 10 heteroatoms. The van der Waals surface area contributed by atoms with E-state index < -0.39 is 34.3 Å². The van der Waals surface area contributed by atoms with E-state index in [-0.39, 0.29) is 23.4 Å². The van der Waals surface area contributed by atoms with E-state index in [1.165, 1.54) is 6.26 Å². The van der Waals surface area contributed by atoms with Crippen molar-refractivity contribution in [2.24, 2.45) is 0 Å². The molecule has 33 heavy (non-hydrogen) atoms. The van der Waals surface area contributed by atoms with E-state index in [9.17, 15) is 22.4 Å². The molecule has 2 N–H and O–H groups in total. The molecule has 1 fully saturated rings. The molecule has 1 atom stereocenters. The van der Waals surface area contributed by atoms with Crippen LogP contribution in [-0.2, 0) is 26.2 Å². The predicted molar refractivity (Wildman–Crippen MR) is 120 cm³/mol. The fraction of sp³-hybridized carbons (Fsp3) is 0.478. The summed E-state index contributed by atoms with van der Waals surface area (Å²) in [5.74, 6) is -0.709. The maximum absolute atomic E-state index is 13.3. The third-order valence-electron chi connectivity index (χ3n) is 5.76. The Bertz CT molecular complexity index is 1020. The van der Waals surface area contributed by atoms with Crippen molar-refractivity contribution in [2.45, 2.75) is 69.0 Å². The number of rotatable bonds is 11. The Labute approximate surface area is 193 Å². The van der Waals surface area contributed by atoms with Crippen LogP contribution in [0.5, 0.6) is 0 Å². The lowest BCUT2D eigenvalue weighted by Crippen LogP contribution is -2.55. The summed E-state index contributed by atoms with van der Waals surface area (Å²) < 4.78 is 45.8. The monoisotopic (exact) mass is 479 g/mol. The normalized spacial score (nSPS) is 15.3. The van der Waals surface area contributed by atoms with Gasteiger partial charge in [-0.15, -0.1) is 0 Å². The molecule has 0 saturated heterocycles. The topological polar surface area (TPSA) is 109 Å². The Morgan fingerprint density at radius 3 is 2.48 bits per heavy atom. The molecule has 0 bridgehead atoms. The predicted octanol–water partition coefficient (Wildman–Crippen LogP) is 2.95. The quantitative estimate of drug-likeness (QED) is 0.515. The van der Waals surface area contributed by atoms with Crippen LogP contribution in [0.2, 0.25) is 0 Å². The minimum atomic E-state index is -4.00. The number of halogens is 1. The highest BCUT2D eigenvalue weighted by Crippen LogP contribution is 2.27. The smallest absolute Gasteiger partial charge is 0.243 e. The first kappa shape index (κ1) is 24.9. The van der Waals surface area contributed by atoms with Crippen molar-refractivity contribution in [1.29, 1.82) is 0 Å². The van der Waals surface area contributed by atoms with E-state index in [2.05, 4.69) is 10.0 Å². The number of benzene rings is 1. The summed E-state index contributed by atoms with van der Waals surface area (Å²) in [7, 11) is -4.00. The molecule has 1 aliphatic rings. The molecule has 0 radical (unpaired) electrons. The van der Waals surface area contributed by atoms with Crippen molar-refractivity contribution in [1.82, 2.24) is 14.9 Å². The second kappa shape index (κ2) is 11.4. The van der Waals surface area contributed by atoms with Crippen molar-refractivity contribution in [3.05, 3.63) is 54.2 Å². The Kier molecular flexibility index (Phi) is 8.62. The summed E-state index contributed by atoms with van der Waals surface area (Å²) in [4.78, 5) is 27.7. The molecule has 8 nitrogen and oxygen atoms in total. The van der Waals surface area contributed by atoms with E-state index in [1.807, 2.05) is 6.92 Å². The average molecular weight is 480 g/mol. The van der Waals surface area contributed by atoms with Gasteiger partial charge >= 0.3 is 0 Å². The molecule has 0 unspecified atom stereocenters. The summed E-state index contributed by atoms with van der Waals surface area (Å²) in [6.45, 7) is 1.65. The summed E-state index contributed by atoms with van der Waals surface area (Å²) in [6.07, 6.45) is 6.08. The van der Waals surface area contributed by atoms with Crippen LogP contribution in [0.1, 0.15) is 51.2 Å². The molecule has 2 aromatic rings. The van der Waals surface area contributed by atoms with E-state index in [0.717, 1.165) is 49.9 Å². The van der Waals surface area contributed by atoms with E-state index in [1.54, 1.807) is 17.0 Å². The van der Waals surface area contributed by atoms with Crippen LogP contribution in [0.4, 0.5) is 4.39 Å². The minimum absolute atomic E-state index is 0.126. The molecule has 2 amide bonds. The van der Waals surface area contributed by atoms with E-state index in [0.29, 0.717) is 18.6 Å². The van der Waals surface area contributed by atoms with Crippen molar-refractivity contribution in [3.63, 3.8) is 0 Å². The Hall–Kier alpha value is -2.72. The lowest BCUT2D eigenvalue weighted by atomic mass is 10.0. The first-order valence-electron chi connectivity index (χ1n) is 11.2. The zero-order chi connectivity index (χ0) is 23.8. The molecular weight excluding hydrogens is 449 g/mol. The Morgan fingerprint density at radius 1 is 1.18 bits per heavy atom. The van der Waals surface area contributed by atoms with Crippen LogP contribution in [-0.4, -0.2) is 43.8 Å². The highest BCUT2D eigenvalue weighted by atomic mass is 32.2. The summed E-state index contributed by atoms with van der Waals surface area (Å²) in [5.41, 5.74) is 0. The van der Waals surface area contributed by atoms with Crippen molar-refractivity contribution in [3.8, 4) is 0 Å². The summed E-state index contributed by atoms with van der Waals surface area (Å²) in [6, 6.07) is 7.00. The van der Waals surface area contributed by atoms with Gasteiger partial charge in [0.15, 0.2) is 0 Å². The Balaban J connectivity index is 1.74. The zero-order valence-electron chi connectivity index (χ0n) is 18.6. The van der Waals surface area contributed by atoms with E-state index >= 15 is 0 Å². The maximum Gasteiger partial charge on any atom is 0.243 e. The molecule has 3 rings (SSSR count). The van der Waals surface area contributed by atoms with Crippen LogP contribution < -0.4 is 10.0 Å². The number of nitrogens with one attached hydrogen (secondary N) is 2. The molecular formula is C23H30FN3O5S. The average Bonchev–Trinajstić information content (AvgIpc) is 3.51. The van der Waals surface area contributed by atoms with Gasteiger partial charge in [-0.05, 0) is 55.7 Å². The maximum atomic E-state index is 13.3. The number of furan rings is 1. The van der Waals surface area contributed by atoms with Gasteiger partial charge in [0, 0.05) is 6.04 Å². The number of carbonyl (C=O) groups excluding carboxylic acids is 2. The molecule has 0 spiro atoms. The van der Waals surface area contributed by atoms with Gasteiger partial charge in [0.25, 0.3) is 0 Å². The van der Waals surface area contributed by atoms with Gasteiger partial charge in [0.05, 0.1) is 24.2 Å². The van der Waals surface area contributed by atoms with Crippen LogP contribution in [0.25, 0.3) is 0 Å². The number of hydrogen-bond acceptors (Lipinski definition) is 5. The van der Waals surface area contributed by atoms with Crippen molar-refractivity contribution in [2.75, 3.05) is 6.54 Å². The zero-order valence-corrected chi connectivity index (χ0v) is 19.4. The van der Waals surface area contributed by atoms with Crippen LogP contribution in [0, 0.1) is 5.82 Å². The van der Waals surface area contributed by atoms with Crippen molar-refractivity contribution >= 4 is 21.8 Å². The Morgan fingerprint density at radius 2 is 1.88 bits per heavy atom. The first-order valence-corrected chi connectivity index (χ1v) is 12.7. The van der Waals surface area contributed by atoms with Crippen LogP contribution in [0.3, 0.4) is 0 Å². The third-order valence-corrected chi connectivity index (χ3v) is 7.18. The number of amides is 2. The molecule has 1 heterocycles. The van der Waals surface area contributed by atoms with Gasteiger partial charge in [-0.1, -0.05) is 26.2 Å². The van der Waals surface area contributed by atoms with Gasteiger partial charge in [-0.3, -0.25) is 9.59 Å². The number of hydrogen-bond donors (Lipinski definition) is 2. The van der Waals surface area contributed by atoms with Gasteiger partial charge in [0.1, 0.15) is 17.6 Å². The molecule has 1 aliphatic carbocycles. The fourth-order valence-electron chi connectivity index (χ4n) is 4.13. The van der Waals surface area contributed by atoms with Gasteiger partial charge in [0.2, 0.25) is 21.8 Å². The minimum Gasteiger partial charge on any atom is -0.467 e. The molecule has 0 aliphatic heterocycles. The van der Waals surface area contributed by atoms with Crippen LogP contribution in [0.15, 0.2) is 52.0 Å². The fourth-order valence-corrected chi connectivity index (χ4v) is 5.11. The second-order valence-corrected chi connectivity index (χ2v) is 9.89. The lowest BCUT2D eigenvalue weighted by molar-refractivity contribution is -0.142. The third kappa shape index (κ3) is 6.64. The van der Waals surface area contributed by atoms with E-state index in [4.69, 9.17) is 4.42 Å². The van der Waals surface area contributed by atoms with Crippen LogP contribution >= 0.6 is 0 Å². The largest absolute Gasteiger partial charge is 0.467 e. The lowest BCUT2D eigenvalue weighted by Gasteiger charge is -2.36. The molecule has 180 valence electrons. The number of nitrogens with zero attached hydrogens (tertiary/aromatic N) is 1. The summed E-state index contributed by atoms with van der Waals surface area (Å²) in [5, 5.41) is 2.83. The second-order valence-electron chi connectivity index (χ2n) is 8.12. The standard InChI is InChI=1S/C23H30FN3O5S/c1-2-6-21(23(29)25-15-19-9-5-14-32-19)27(18-7-3-4-8-18)22(28)16-26-33(30,31)20-12-10-17(24)11-13-20/h5,9-14,18,21,26H,2-4,6-8,15-16H2,1H3,(H,25,29)/t21-/m1/s1. The first-order chi connectivity index (χ1) is 15.8. The highest BCUT2D eigenvalue weighted by molar-refractivity contribution is 7.89. The number of sulfonamides is 1. The summed E-state index contributed by atoms with van der Waals surface area (Å²) >= 11 is 0. The number of carbonyl (C=O) groups is 2. The molecule has 1 aromatic heterocycles. The molecule has 1 aromatic carbocycles. The van der Waals surface area contributed by atoms with Gasteiger partial charge < -0.3 is 14.6 Å².